The van der Waals surface area contributed by atoms with Gasteiger partial charge in [0.05, 0.1) is 37.6 Å². The molecule has 5 nitrogen and oxygen atoms in total. The van der Waals surface area contributed by atoms with Crippen LogP contribution in [0.15, 0.2) is 0 Å². The molecule has 1 aromatic carbocycles. The first-order valence-electron chi connectivity index (χ1n) is 9.64. The van der Waals surface area contributed by atoms with E-state index in [0.29, 0.717) is 22.8 Å². The van der Waals surface area contributed by atoms with E-state index in [0.717, 1.165) is 19.3 Å². The monoisotopic (exact) mass is 475 g/mol. The lowest BCUT2D eigenvalue weighted by atomic mass is 9.49. The van der Waals surface area contributed by atoms with Crippen LogP contribution in [0.4, 0.5) is 0 Å². The number of rotatable bonds is 3. The molecule has 0 atom stereocenters. The number of carbonyl (C=O) groups is 3. The molecule has 4 fully saturated rings. The van der Waals surface area contributed by atoms with E-state index in [2.05, 4.69) is 0 Å². The van der Waals surface area contributed by atoms with Crippen LogP contribution in [0.5, 0.6) is 0 Å². The number of hydroxylamine groups is 2. The highest BCUT2D eigenvalue weighted by Gasteiger charge is 2.52. The van der Waals surface area contributed by atoms with Gasteiger partial charge in [-0.25, -0.2) is 4.79 Å². The van der Waals surface area contributed by atoms with Crippen molar-refractivity contribution in [1.82, 2.24) is 5.06 Å². The number of fused-ring (bicyclic) bond motifs is 1. The largest absolute Gasteiger partial charge is 0.333 e. The molecule has 29 heavy (non-hydrogen) atoms. The Morgan fingerprint density at radius 3 is 1.66 bits per heavy atom. The molecule has 0 unspecified atom stereocenters. The van der Waals surface area contributed by atoms with Gasteiger partial charge in [-0.05, 0) is 61.7 Å². The molecule has 2 amide bonds. The highest BCUT2D eigenvalue weighted by Crippen LogP contribution is 2.61. The quantitative estimate of drug-likeness (QED) is 0.306. The second kappa shape index (κ2) is 6.74. The number of imide groups is 1. The first kappa shape index (κ1) is 19.9. The van der Waals surface area contributed by atoms with Gasteiger partial charge in [-0.1, -0.05) is 51.5 Å². The van der Waals surface area contributed by atoms with Gasteiger partial charge in [0.15, 0.2) is 0 Å². The van der Waals surface area contributed by atoms with Crippen molar-refractivity contribution in [2.45, 2.75) is 44.9 Å². The molecule has 1 heterocycles. The maximum Gasteiger partial charge on any atom is 0.333 e. The summed E-state index contributed by atoms with van der Waals surface area (Å²) in [6.45, 7) is 0. The summed E-state index contributed by atoms with van der Waals surface area (Å²) < 4.78 is 0. The SMILES string of the molecule is O=C(CC12CC3CC(CC(C3)C1)C2)ON1C(=O)c2c(Cl)c(Cl)c(Cl)c(Cl)c2C1=O. The smallest absolute Gasteiger partial charge is 0.330 e. The molecule has 5 aliphatic rings. The van der Waals surface area contributed by atoms with Crippen molar-refractivity contribution in [3.8, 4) is 0 Å². The third-order valence-corrected chi connectivity index (χ3v) is 8.74. The van der Waals surface area contributed by atoms with Crippen LogP contribution in [0, 0.1) is 23.2 Å². The van der Waals surface area contributed by atoms with E-state index in [9.17, 15) is 14.4 Å². The lowest BCUT2D eigenvalue weighted by Crippen LogP contribution is -2.47. The average molecular weight is 477 g/mol. The van der Waals surface area contributed by atoms with E-state index < -0.39 is 17.8 Å². The molecule has 4 aliphatic carbocycles. The minimum absolute atomic E-state index is 0.0770. The first-order chi connectivity index (χ1) is 13.7. The molecule has 0 aromatic heterocycles. The van der Waals surface area contributed by atoms with Crippen LogP contribution >= 0.6 is 46.4 Å². The van der Waals surface area contributed by atoms with Gasteiger partial charge in [-0.3, -0.25) is 9.59 Å². The zero-order valence-electron chi connectivity index (χ0n) is 15.3. The van der Waals surface area contributed by atoms with Crippen molar-refractivity contribution in [3.05, 3.63) is 31.2 Å². The molecule has 1 aromatic rings. The average Bonchev–Trinajstić information content (AvgIpc) is 2.88. The van der Waals surface area contributed by atoms with E-state index in [1.165, 1.54) is 19.3 Å². The molecule has 9 heteroatoms. The molecular weight excluding hydrogens is 460 g/mol. The Morgan fingerprint density at radius 1 is 0.828 bits per heavy atom. The van der Waals surface area contributed by atoms with Crippen LogP contribution in [0.3, 0.4) is 0 Å². The Kier molecular flexibility index (Phi) is 4.63. The summed E-state index contributed by atoms with van der Waals surface area (Å²) in [6, 6.07) is 0. The molecule has 1 aliphatic heterocycles. The minimum atomic E-state index is -0.866. The zero-order valence-corrected chi connectivity index (χ0v) is 18.3. The van der Waals surface area contributed by atoms with Gasteiger partial charge in [0.2, 0.25) is 0 Å². The number of halogens is 4. The summed E-state index contributed by atoms with van der Waals surface area (Å²) >= 11 is 24.2. The summed E-state index contributed by atoms with van der Waals surface area (Å²) in [5.74, 6) is -0.296. The van der Waals surface area contributed by atoms with Gasteiger partial charge in [-0.2, -0.15) is 0 Å². The van der Waals surface area contributed by atoms with Crippen LogP contribution in [-0.4, -0.2) is 22.8 Å². The number of hydrogen-bond donors (Lipinski definition) is 0. The Labute approximate surface area is 187 Å². The number of hydrogen-bond acceptors (Lipinski definition) is 4. The summed E-state index contributed by atoms with van der Waals surface area (Å²) in [4.78, 5) is 43.4. The first-order valence-corrected chi connectivity index (χ1v) is 11.2. The molecule has 0 radical (unpaired) electrons. The van der Waals surface area contributed by atoms with Gasteiger partial charge in [0.1, 0.15) is 0 Å². The van der Waals surface area contributed by atoms with Crippen LogP contribution in [-0.2, 0) is 9.63 Å². The van der Waals surface area contributed by atoms with Gasteiger partial charge in [0, 0.05) is 0 Å². The normalized spacial score (nSPS) is 32.1. The van der Waals surface area contributed by atoms with Crippen molar-refractivity contribution in [2.75, 3.05) is 0 Å². The number of benzene rings is 1. The molecule has 0 N–H and O–H groups in total. The van der Waals surface area contributed by atoms with Gasteiger partial charge in [0.25, 0.3) is 11.8 Å². The third-order valence-electron chi connectivity index (χ3n) is 6.94. The lowest BCUT2D eigenvalue weighted by Gasteiger charge is -2.56. The van der Waals surface area contributed by atoms with Crippen LogP contribution in [0.1, 0.15) is 65.7 Å². The molecule has 154 valence electrons. The molecule has 0 spiro atoms. The Morgan fingerprint density at radius 2 is 1.24 bits per heavy atom. The van der Waals surface area contributed by atoms with E-state index in [1.807, 2.05) is 0 Å². The summed E-state index contributed by atoms with van der Waals surface area (Å²) in [6.07, 6.45) is 7.01. The van der Waals surface area contributed by atoms with Gasteiger partial charge >= 0.3 is 5.97 Å². The van der Waals surface area contributed by atoms with Crippen molar-refractivity contribution in [3.63, 3.8) is 0 Å². The third kappa shape index (κ3) is 3.00. The molecule has 0 saturated heterocycles. The van der Waals surface area contributed by atoms with Crippen LogP contribution in [0.25, 0.3) is 0 Å². The Bertz CT molecular complexity index is 894. The van der Waals surface area contributed by atoms with Crippen molar-refractivity contribution in [2.24, 2.45) is 23.2 Å². The van der Waals surface area contributed by atoms with Crippen LogP contribution < -0.4 is 0 Å². The predicted molar refractivity (Wildman–Crippen MR) is 108 cm³/mol. The van der Waals surface area contributed by atoms with Crippen molar-refractivity contribution < 1.29 is 19.2 Å². The second-order valence-corrected chi connectivity index (χ2v) is 10.5. The fourth-order valence-corrected chi connectivity index (χ4v) is 7.37. The zero-order chi connectivity index (χ0) is 20.7. The maximum absolute atomic E-state index is 12.7. The van der Waals surface area contributed by atoms with E-state index >= 15 is 0 Å². The highest BCUT2D eigenvalue weighted by molar-refractivity contribution is 6.55. The van der Waals surface area contributed by atoms with Gasteiger partial charge < -0.3 is 4.84 Å². The highest BCUT2D eigenvalue weighted by atomic mass is 35.5. The number of carbonyl (C=O) groups excluding carboxylic acids is 3. The molecule has 4 bridgehead atoms. The Balaban J connectivity index is 1.37. The van der Waals surface area contributed by atoms with Gasteiger partial charge in [-0.15, -0.1) is 0 Å². The fraction of sp³-hybridized carbons (Fsp3) is 0.550. The van der Waals surface area contributed by atoms with Crippen molar-refractivity contribution >= 4 is 64.2 Å². The summed E-state index contributed by atoms with van der Waals surface area (Å²) in [5.41, 5.74) is -0.468. The lowest BCUT2D eigenvalue weighted by molar-refractivity contribution is -0.175. The minimum Gasteiger partial charge on any atom is -0.330 e. The number of amides is 2. The second-order valence-electron chi connectivity index (χ2n) is 8.97. The van der Waals surface area contributed by atoms with E-state index in [-0.39, 0.29) is 43.1 Å². The Hall–Kier alpha value is -1.01. The molecule has 6 rings (SSSR count). The standard InChI is InChI=1S/C20H17Cl4NO4/c21-14-12-13(15(22)17(24)16(14)23)19(28)25(18(12)27)29-11(26)7-20-4-8-1-9(5-20)3-10(2-8)6-20/h8-10H,1-7H2. The van der Waals surface area contributed by atoms with E-state index in [1.54, 1.807) is 0 Å². The fourth-order valence-electron chi connectivity index (χ4n) is 6.36. The summed E-state index contributed by atoms with van der Waals surface area (Å²) in [7, 11) is 0. The molecule has 4 saturated carbocycles. The summed E-state index contributed by atoms with van der Waals surface area (Å²) in [5, 5.41) is -0.194. The predicted octanol–water partition coefficient (Wildman–Crippen LogP) is 5.96. The van der Waals surface area contributed by atoms with Crippen molar-refractivity contribution in [1.29, 1.82) is 0 Å². The number of nitrogens with zero attached hydrogens (tertiary/aromatic N) is 1. The maximum atomic E-state index is 12.7. The molecular formula is C20H17Cl4NO4. The van der Waals surface area contributed by atoms with Crippen LogP contribution in [0.2, 0.25) is 20.1 Å². The topological polar surface area (TPSA) is 63.7 Å². The van der Waals surface area contributed by atoms with E-state index in [4.69, 9.17) is 51.2 Å².